The monoisotopic (exact) mass is 254 g/mol. The van der Waals surface area contributed by atoms with Gasteiger partial charge in [0.15, 0.2) is 0 Å². The van der Waals surface area contributed by atoms with Crippen LogP contribution in [0.3, 0.4) is 0 Å². The van der Waals surface area contributed by atoms with Gasteiger partial charge in [-0.2, -0.15) is 0 Å². The predicted molar refractivity (Wildman–Crippen MR) is 69.1 cm³/mol. The molecular weight excluding hydrogens is 235 g/mol. The second-order valence-electron chi connectivity index (χ2n) is 4.18. The van der Waals surface area contributed by atoms with Crippen molar-refractivity contribution in [3.8, 4) is 0 Å². The molecule has 0 aliphatic heterocycles. The van der Waals surface area contributed by atoms with Crippen LogP contribution in [0, 0.1) is 12.7 Å². The predicted octanol–water partition coefficient (Wildman–Crippen LogP) is 2.42. The molecule has 0 saturated heterocycles. The van der Waals surface area contributed by atoms with Crippen molar-refractivity contribution in [2.45, 2.75) is 32.7 Å². The van der Waals surface area contributed by atoms with Crippen LogP contribution in [0.15, 0.2) is 18.2 Å². The zero-order valence-electron chi connectivity index (χ0n) is 10.7. The Morgan fingerprint density at radius 1 is 1.50 bits per heavy atom. The van der Waals surface area contributed by atoms with Crippen LogP contribution >= 0.6 is 0 Å². The van der Waals surface area contributed by atoms with E-state index in [1.54, 1.807) is 13.0 Å². The average molecular weight is 254 g/mol. The Bertz CT molecular complexity index is 410. The number of rotatable bonds is 5. The highest BCUT2D eigenvalue weighted by atomic mass is 19.1. The second-order valence-corrected chi connectivity index (χ2v) is 4.18. The van der Waals surface area contributed by atoms with Gasteiger partial charge in [-0.25, -0.2) is 9.18 Å². The maximum absolute atomic E-state index is 13.0. The standard InChI is InChI=1S/C13H19FN2O2/c1-3-10(6-7-17)15-13(18)16-11-4-5-12(14)9(2)8-11/h4-5,8,10,17H,3,6-7H2,1-2H3,(H2,15,16,18). The summed E-state index contributed by atoms with van der Waals surface area (Å²) < 4.78 is 13.0. The van der Waals surface area contributed by atoms with E-state index in [-0.39, 0.29) is 24.5 Å². The van der Waals surface area contributed by atoms with Crippen molar-refractivity contribution in [2.75, 3.05) is 11.9 Å². The number of aliphatic hydroxyl groups is 1. The Hall–Kier alpha value is -1.62. The first-order chi connectivity index (χ1) is 8.56. The van der Waals surface area contributed by atoms with Gasteiger partial charge in [0, 0.05) is 18.3 Å². The number of halogens is 1. The van der Waals surface area contributed by atoms with E-state index in [1.807, 2.05) is 6.92 Å². The number of urea groups is 1. The molecule has 1 rings (SSSR count). The van der Waals surface area contributed by atoms with E-state index in [4.69, 9.17) is 5.11 Å². The Morgan fingerprint density at radius 2 is 2.22 bits per heavy atom. The van der Waals surface area contributed by atoms with E-state index in [9.17, 15) is 9.18 Å². The molecule has 5 heteroatoms. The van der Waals surface area contributed by atoms with Crippen LogP contribution in [0.1, 0.15) is 25.3 Å². The van der Waals surface area contributed by atoms with Gasteiger partial charge in [0.05, 0.1) is 0 Å². The van der Waals surface area contributed by atoms with Crippen LogP contribution in [-0.2, 0) is 0 Å². The number of hydrogen-bond donors (Lipinski definition) is 3. The number of hydrogen-bond acceptors (Lipinski definition) is 2. The summed E-state index contributed by atoms with van der Waals surface area (Å²) in [6.07, 6.45) is 1.27. The third-order valence-electron chi connectivity index (χ3n) is 2.72. The number of aliphatic hydroxyl groups excluding tert-OH is 1. The summed E-state index contributed by atoms with van der Waals surface area (Å²) in [6, 6.07) is 3.99. The van der Waals surface area contributed by atoms with E-state index < -0.39 is 0 Å². The van der Waals surface area contributed by atoms with Gasteiger partial charge in [-0.1, -0.05) is 6.92 Å². The third-order valence-corrected chi connectivity index (χ3v) is 2.72. The maximum atomic E-state index is 13.0. The molecule has 2 amide bonds. The number of carbonyl (C=O) groups excluding carboxylic acids is 1. The molecule has 0 fully saturated rings. The Balaban J connectivity index is 2.55. The number of anilines is 1. The van der Waals surface area contributed by atoms with Crippen molar-refractivity contribution in [2.24, 2.45) is 0 Å². The fraction of sp³-hybridized carbons (Fsp3) is 0.462. The molecule has 1 unspecified atom stereocenters. The number of benzene rings is 1. The molecule has 1 atom stereocenters. The van der Waals surface area contributed by atoms with Crippen LogP contribution in [0.2, 0.25) is 0 Å². The lowest BCUT2D eigenvalue weighted by Gasteiger charge is -2.16. The molecule has 0 bridgehead atoms. The summed E-state index contributed by atoms with van der Waals surface area (Å²) >= 11 is 0. The first kappa shape index (κ1) is 14.4. The highest BCUT2D eigenvalue weighted by Crippen LogP contribution is 2.13. The first-order valence-electron chi connectivity index (χ1n) is 6.01. The lowest BCUT2D eigenvalue weighted by atomic mass is 10.1. The quantitative estimate of drug-likeness (QED) is 0.755. The molecule has 0 aromatic heterocycles. The lowest BCUT2D eigenvalue weighted by Crippen LogP contribution is -2.38. The number of carbonyl (C=O) groups is 1. The molecule has 0 aliphatic rings. The van der Waals surface area contributed by atoms with Crippen LogP contribution in [-0.4, -0.2) is 23.8 Å². The van der Waals surface area contributed by atoms with Crippen molar-refractivity contribution >= 4 is 11.7 Å². The van der Waals surface area contributed by atoms with Gasteiger partial charge in [0.25, 0.3) is 0 Å². The van der Waals surface area contributed by atoms with Gasteiger partial charge >= 0.3 is 6.03 Å². The summed E-state index contributed by atoms with van der Waals surface area (Å²) in [6.45, 7) is 3.61. The first-order valence-corrected chi connectivity index (χ1v) is 6.01. The zero-order chi connectivity index (χ0) is 13.5. The Morgan fingerprint density at radius 3 is 2.78 bits per heavy atom. The summed E-state index contributed by atoms with van der Waals surface area (Å²) in [5.74, 6) is -0.298. The van der Waals surface area contributed by atoms with Crippen LogP contribution in [0.4, 0.5) is 14.9 Å². The molecule has 4 nitrogen and oxygen atoms in total. The van der Waals surface area contributed by atoms with Gasteiger partial charge in [-0.05, 0) is 43.5 Å². The third kappa shape index (κ3) is 4.33. The fourth-order valence-corrected chi connectivity index (χ4v) is 1.61. The summed E-state index contributed by atoms with van der Waals surface area (Å²) in [5, 5.41) is 14.2. The van der Waals surface area contributed by atoms with Gasteiger partial charge in [0.1, 0.15) is 5.82 Å². The zero-order valence-corrected chi connectivity index (χ0v) is 10.7. The van der Waals surface area contributed by atoms with Crippen molar-refractivity contribution in [3.05, 3.63) is 29.6 Å². The minimum Gasteiger partial charge on any atom is -0.396 e. The topological polar surface area (TPSA) is 61.4 Å². The Kier molecular flexibility index (Phi) is 5.58. The molecule has 100 valence electrons. The SMILES string of the molecule is CCC(CCO)NC(=O)Nc1ccc(F)c(C)c1. The van der Waals surface area contributed by atoms with Gasteiger partial charge < -0.3 is 15.7 Å². The number of amides is 2. The normalized spacial score (nSPS) is 12.0. The lowest BCUT2D eigenvalue weighted by molar-refractivity contribution is 0.237. The maximum Gasteiger partial charge on any atom is 0.319 e. The second kappa shape index (κ2) is 6.96. The smallest absolute Gasteiger partial charge is 0.319 e. The van der Waals surface area contributed by atoms with Gasteiger partial charge in [-0.15, -0.1) is 0 Å². The van der Waals surface area contributed by atoms with E-state index >= 15 is 0 Å². The minimum absolute atomic E-state index is 0.0362. The van der Waals surface area contributed by atoms with Crippen molar-refractivity contribution in [1.82, 2.24) is 5.32 Å². The van der Waals surface area contributed by atoms with E-state index in [2.05, 4.69) is 10.6 Å². The molecular formula is C13H19FN2O2. The van der Waals surface area contributed by atoms with Crippen molar-refractivity contribution < 1.29 is 14.3 Å². The molecule has 0 heterocycles. The molecule has 1 aromatic carbocycles. The number of nitrogens with one attached hydrogen (secondary N) is 2. The summed E-state index contributed by atoms with van der Waals surface area (Å²) in [5.41, 5.74) is 1.03. The minimum atomic E-state index is -0.346. The fourth-order valence-electron chi connectivity index (χ4n) is 1.61. The molecule has 0 spiro atoms. The highest BCUT2D eigenvalue weighted by molar-refractivity contribution is 5.89. The van der Waals surface area contributed by atoms with E-state index in [1.165, 1.54) is 12.1 Å². The van der Waals surface area contributed by atoms with Crippen LogP contribution in [0.25, 0.3) is 0 Å². The molecule has 0 aliphatic carbocycles. The van der Waals surface area contributed by atoms with Crippen molar-refractivity contribution in [1.29, 1.82) is 0 Å². The highest BCUT2D eigenvalue weighted by Gasteiger charge is 2.10. The van der Waals surface area contributed by atoms with E-state index in [0.717, 1.165) is 6.42 Å². The molecule has 1 aromatic rings. The molecule has 0 radical (unpaired) electrons. The number of aryl methyl sites for hydroxylation is 1. The largest absolute Gasteiger partial charge is 0.396 e. The Labute approximate surface area is 106 Å². The summed E-state index contributed by atoms with van der Waals surface area (Å²) in [7, 11) is 0. The molecule has 18 heavy (non-hydrogen) atoms. The average Bonchev–Trinajstić information content (AvgIpc) is 2.33. The van der Waals surface area contributed by atoms with Crippen LogP contribution in [0.5, 0.6) is 0 Å². The summed E-state index contributed by atoms with van der Waals surface area (Å²) in [4.78, 5) is 11.7. The molecule has 3 N–H and O–H groups in total. The van der Waals surface area contributed by atoms with Crippen molar-refractivity contribution in [3.63, 3.8) is 0 Å². The van der Waals surface area contributed by atoms with Crippen LogP contribution < -0.4 is 10.6 Å². The molecule has 0 saturated carbocycles. The van der Waals surface area contributed by atoms with E-state index in [0.29, 0.717) is 17.7 Å². The van der Waals surface area contributed by atoms with Gasteiger partial charge in [-0.3, -0.25) is 0 Å². The van der Waals surface area contributed by atoms with Gasteiger partial charge in [0.2, 0.25) is 0 Å².